The van der Waals surface area contributed by atoms with Crippen molar-refractivity contribution in [3.05, 3.63) is 42.0 Å². The number of fused-ring (bicyclic) bond motifs is 1. The molecule has 1 aliphatic carbocycles. The van der Waals surface area contributed by atoms with Gasteiger partial charge >= 0.3 is 6.03 Å². The first-order chi connectivity index (χ1) is 10.4. The number of nitrogens with one attached hydrogen (secondary N) is 2. The topological polar surface area (TPSA) is 78.5 Å². The Morgan fingerprint density at radius 1 is 1.23 bits per heavy atom. The number of rotatable bonds is 3. The first kappa shape index (κ1) is 15.1. The predicted molar refractivity (Wildman–Crippen MR) is 82.3 cm³/mol. The molecule has 0 radical (unpaired) electrons. The van der Waals surface area contributed by atoms with E-state index in [1.807, 2.05) is 11.6 Å². The van der Waals surface area contributed by atoms with E-state index < -0.39 is 16.1 Å². The van der Waals surface area contributed by atoms with Crippen LogP contribution < -0.4 is 10.1 Å². The summed E-state index contributed by atoms with van der Waals surface area (Å²) >= 11 is 0. The largest absolute Gasteiger partial charge is 0.343 e. The summed E-state index contributed by atoms with van der Waals surface area (Å²) in [6.07, 6.45) is 5.34. The molecular weight excluding hydrogens is 302 g/mol. The fourth-order valence-corrected chi connectivity index (χ4v) is 3.85. The fraction of sp³-hybridized carbons (Fsp3) is 0.400. The molecule has 22 heavy (non-hydrogen) atoms. The summed E-state index contributed by atoms with van der Waals surface area (Å²) in [6.45, 7) is 3.34. The molecule has 6 nitrogen and oxygen atoms in total. The standard InChI is InChI=1S/C15H19N3O3S/c1-11-5-7-14(8-6-11)22(20,21)17-15(19)16-18-9-12-3-2-4-13(12)10-18/h2-3,5-8,12-13H,4,9-10H2,1H3,(H2,16,17,19). The van der Waals surface area contributed by atoms with Crippen LogP contribution in [0.1, 0.15) is 12.0 Å². The molecule has 0 saturated carbocycles. The minimum absolute atomic E-state index is 0.0782. The van der Waals surface area contributed by atoms with Gasteiger partial charge in [-0.05, 0) is 37.3 Å². The third-order valence-corrected chi connectivity index (χ3v) is 5.48. The summed E-state index contributed by atoms with van der Waals surface area (Å²) in [6, 6.07) is 5.64. The number of aryl methyl sites for hydroxylation is 1. The van der Waals surface area contributed by atoms with E-state index in [0.29, 0.717) is 11.8 Å². The summed E-state index contributed by atoms with van der Waals surface area (Å²) in [5, 5.41) is 1.78. The predicted octanol–water partition coefficient (Wildman–Crippen LogP) is 1.41. The summed E-state index contributed by atoms with van der Waals surface area (Å²) in [5.74, 6) is 0.975. The highest BCUT2D eigenvalue weighted by atomic mass is 32.2. The number of carbonyl (C=O) groups excluding carboxylic acids is 1. The highest BCUT2D eigenvalue weighted by Gasteiger charge is 2.34. The van der Waals surface area contributed by atoms with Gasteiger partial charge in [-0.3, -0.25) is 5.43 Å². The van der Waals surface area contributed by atoms with E-state index in [1.54, 1.807) is 17.1 Å². The minimum Gasteiger partial charge on any atom is -0.270 e. The molecule has 2 amide bonds. The zero-order valence-corrected chi connectivity index (χ0v) is 13.1. The number of carbonyl (C=O) groups is 1. The quantitative estimate of drug-likeness (QED) is 0.825. The van der Waals surface area contributed by atoms with Crippen LogP contribution in [-0.2, 0) is 10.0 Å². The first-order valence-electron chi connectivity index (χ1n) is 7.26. The number of hydrazine groups is 1. The van der Waals surface area contributed by atoms with Crippen molar-refractivity contribution in [1.82, 2.24) is 15.2 Å². The molecule has 1 fully saturated rings. The van der Waals surface area contributed by atoms with E-state index >= 15 is 0 Å². The van der Waals surface area contributed by atoms with Crippen LogP contribution in [0.3, 0.4) is 0 Å². The number of amides is 2. The molecule has 0 spiro atoms. The molecule has 1 heterocycles. The number of sulfonamides is 1. The molecule has 1 aromatic rings. The van der Waals surface area contributed by atoms with Gasteiger partial charge < -0.3 is 0 Å². The molecule has 1 saturated heterocycles. The Balaban J connectivity index is 1.59. The van der Waals surface area contributed by atoms with Crippen molar-refractivity contribution in [3.63, 3.8) is 0 Å². The van der Waals surface area contributed by atoms with Crippen LogP contribution in [0.2, 0.25) is 0 Å². The number of urea groups is 1. The van der Waals surface area contributed by atoms with Crippen molar-refractivity contribution in [2.45, 2.75) is 18.2 Å². The summed E-state index contributed by atoms with van der Waals surface area (Å²) < 4.78 is 26.3. The highest BCUT2D eigenvalue weighted by Crippen LogP contribution is 2.31. The van der Waals surface area contributed by atoms with Crippen molar-refractivity contribution >= 4 is 16.1 Å². The van der Waals surface area contributed by atoms with Gasteiger partial charge in [-0.25, -0.2) is 22.9 Å². The average molecular weight is 321 g/mol. The van der Waals surface area contributed by atoms with Crippen LogP contribution in [0, 0.1) is 18.8 Å². The van der Waals surface area contributed by atoms with Crippen molar-refractivity contribution in [2.75, 3.05) is 13.1 Å². The van der Waals surface area contributed by atoms with Gasteiger partial charge in [0.25, 0.3) is 10.0 Å². The molecule has 2 N–H and O–H groups in total. The first-order valence-corrected chi connectivity index (χ1v) is 8.74. The number of benzene rings is 1. The number of hydrogen-bond donors (Lipinski definition) is 2. The molecule has 0 aromatic heterocycles. The molecule has 2 unspecified atom stereocenters. The summed E-state index contributed by atoms with van der Waals surface area (Å²) in [5.41, 5.74) is 3.57. The zero-order chi connectivity index (χ0) is 15.7. The Morgan fingerprint density at radius 3 is 2.64 bits per heavy atom. The van der Waals surface area contributed by atoms with Crippen molar-refractivity contribution in [3.8, 4) is 0 Å². The average Bonchev–Trinajstić information content (AvgIpc) is 2.99. The van der Waals surface area contributed by atoms with E-state index in [2.05, 4.69) is 17.6 Å². The Kier molecular flexibility index (Phi) is 3.92. The van der Waals surface area contributed by atoms with Crippen molar-refractivity contribution in [2.24, 2.45) is 11.8 Å². The second-order valence-corrected chi connectivity index (χ2v) is 7.53. The lowest BCUT2D eigenvalue weighted by Gasteiger charge is -2.18. The van der Waals surface area contributed by atoms with Crippen LogP contribution >= 0.6 is 0 Å². The highest BCUT2D eigenvalue weighted by molar-refractivity contribution is 7.90. The Hall–Kier alpha value is -1.86. The summed E-state index contributed by atoms with van der Waals surface area (Å²) in [4.78, 5) is 12.0. The van der Waals surface area contributed by atoms with Gasteiger partial charge in [0, 0.05) is 13.1 Å². The second kappa shape index (κ2) is 5.73. The van der Waals surface area contributed by atoms with Gasteiger partial charge in [0.05, 0.1) is 4.90 Å². The van der Waals surface area contributed by atoms with Crippen molar-refractivity contribution < 1.29 is 13.2 Å². The smallest absolute Gasteiger partial charge is 0.270 e. The number of allylic oxidation sites excluding steroid dienone is 1. The molecule has 1 aromatic carbocycles. The Labute approximate surface area is 130 Å². The Morgan fingerprint density at radius 2 is 1.95 bits per heavy atom. The van der Waals surface area contributed by atoms with Gasteiger partial charge in [-0.2, -0.15) is 0 Å². The van der Waals surface area contributed by atoms with E-state index in [1.165, 1.54) is 12.1 Å². The monoisotopic (exact) mass is 321 g/mol. The molecule has 7 heteroatoms. The molecular formula is C15H19N3O3S. The van der Waals surface area contributed by atoms with E-state index in [4.69, 9.17) is 0 Å². The number of hydrogen-bond acceptors (Lipinski definition) is 4. The second-order valence-electron chi connectivity index (χ2n) is 5.85. The van der Waals surface area contributed by atoms with Gasteiger partial charge in [-0.15, -0.1) is 0 Å². The molecule has 2 aliphatic rings. The number of nitrogens with zero attached hydrogens (tertiary/aromatic N) is 1. The van der Waals surface area contributed by atoms with Crippen molar-refractivity contribution in [1.29, 1.82) is 0 Å². The van der Waals surface area contributed by atoms with E-state index in [9.17, 15) is 13.2 Å². The SMILES string of the molecule is Cc1ccc(S(=O)(=O)NC(=O)NN2CC3C=CCC3C2)cc1. The lowest BCUT2D eigenvalue weighted by Crippen LogP contribution is -2.48. The Bertz CT molecular complexity index is 697. The van der Waals surface area contributed by atoms with Crippen LogP contribution in [-0.4, -0.2) is 32.5 Å². The summed E-state index contributed by atoms with van der Waals surface area (Å²) in [7, 11) is -3.84. The van der Waals surface area contributed by atoms with Gasteiger partial charge in [0.2, 0.25) is 0 Å². The maximum atomic E-state index is 12.1. The lowest BCUT2D eigenvalue weighted by molar-refractivity contribution is 0.198. The normalized spacial score (nSPS) is 24.2. The minimum atomic E-state index is -3.84. The van der Waals surface area contributed by atoms with E-state index in [-0.39, 0.29) is 4.90 Å². The fourth-order valence-electron chi connectivity index (χ4n) is 2.95. The van der Waals surface area contributed by atoms with Crippen LogP contribution in [0.25, 0.3) is 0 Å². The van der Waals surface area contributed by atoms with Crippen LogP contribution in [0.4, 0.5) is 4.79 Å². The van der Waals surface area contributed by atoms with Gasteiger partial charge in [0.1, 0.15) is 0 Å². The maximum absolute atomic E-state index is 12.1. The molecule has 1 aliphatic heterocycles. The van der Waals surface area contributed by atoms with Gasteiger partial charge in [0.15, 0.2) is 0 Å². The molecule has 118 valence electrons. The lowest BCUT2D eigenvalue weighted by atomic mass is 10.0. The van der Waals surface area contributed by atoms with E-state index in [0.717, 1.165) is 25.1 Å². The third kappa shape index (κ3) is 3.15. The third-order valence-electron chi connectivity index (χ3n) is 4.13. The molecule has 3 rings (SSSR count). The van der Waals surface area contributed by atoms with Crippen LogP contribution in [0.15, 0.2) is 41.3 Å². The molecule has 0 bridgehead atoms. The maximum Gasteiger partial charge on any atom is 0.343 e. The van der Waals surface area contributed by atoms with Crippen LogP contribution in [0.5, 0.6) is 0 Å². The zero-order valence-electron chi connectivity index (χ0n) is 12.3. The molecule has 2 atom stereocenters. The van der Waals surface area contributed by atoms with Gasteiger partial charge in [-0.1, -0.05) is 29.8 Å².